The molecule has 1 unspecified atom stereocenters. The zero-order valence-corrected chi connectivity index (χ0v) is 25.0. The topological polar surface area (TPSA) is 90.4 Å². The van der Waals surface area contributed by atoms with Gasteiger partial charge < -0.3 is 24.5 Å². The van der Waals surface area contributed by atoms with Gasteiger partial charge in [-0.15, -0.1) is 11.8 Å². The quantitative estimate of drug-likeness (QED) is 0.422. The molecular formula is C35H33N3O5S. The van der Waals surface area contributed by atoms with Gasteiger partial charge in [0, 0.05) is 29.7 Å². The van der Waals surface area contributed by atoms with E-state index < -0.39 is 28.7 Å². The maximum absolute atomic E-state index is 14.8. The highest BCUT2D eigenvalue weighted by atomic mass is 32.2. The van der Waals surface area contributed by atoms with Crippen molar-refractivity contribution in [2.45, 2.75) is 22.1 Å². The number of hydrogen-bond donors (Lipinski definition) is 1. The minimum Gasteiger partial charge on any atom is -0.497 e. The molecule has 7 rings (SSSR count). The van der Waals surface area contributed by atoms with E-state index in [0.29, 0.717) is 24.5 Å². The van der Waals surface area contributed by atoms with Crippen LogP contribution in [0.15, 0.2) is 109 Å². The SMILES string of the molecule is COc1ccc(N2CC=C[C@]34S[C@@H]5C=CCN(c6ccccc6)C(=O)[C@@H]5[C@H]3C(=O)N([C@H](CO)c3ccccc3)C4C2=O)cc1. The Bertz CT molecular complexity index is 1630. The number of nitrogens with zero attached hydrogens (tertiary/aromatic N) is 3. The van der Waals surface area contributed by atoms with Crippen LogP contribution in [-0.4, -0.2) is 70.6 Å². The lowest BCUT2D eigenvalue weighted by atomic mass is 9.78. The smallest absolute Gasteiger partial charge is 0.251 e. The zero-order chi connectivity index (χ0) is 30.4. The summed E-state index contributed by atoms with van der Waals surface area (Å²) in [7, 11) is 1.59. The van der Waals surface area contributed by atoms with Gasteiger partial charge in [0.1, 0.15) is 11.8 Å². The molecule has 0 saturated carbocycles. The van der Waals surface area contributed by atoms with Gasteiger partial charge in [-0.3, -0.25) is 14.4 Å². The molecule has 3 amide bonds. The Hall–Kier alpha value is -4.34. The van der Waals surface area contributed by atoms with Crippen molar-refractivity contribution in [3.63, 3.8) is 0 Å². The molecule has 0 aliphatic carbocycles. The number of thioether (sulfide) groups is 1. The number of ether oxygens (including phenoxy) is 1. The van der Waals surface area contributed by atoms with E-state index >= 15 is 0 Å². The summed E-state index contributed by atoms with van der Waals surface area (Å²) in [6.07, 6.45) is 7.96. The van der Waals surface area contributed by atoms with Crippen LogP contribution in [-0.2, 0) is 14.4 Å². The molecule has 3 aromatic carbocycles. The molecule has 4 heterocycles. The van der Waals surface area contributed by atoms with E-state index in [1.165, 1.54) is 11.8 Å². The first kappa shape index (κ1) is 28.4. The number of rotatable bonds is 6. The Kier molecular flexibility index (Phi) is 7.30. The van der Waals surface area contributed by atoms with Crippen LogP contribution in [0.2, 0.25) is 0 Å². The van der Waals surface area contributed by atoms with Gasteiger partial charge >= 0.3 is 0 Å². The fourth-order valence-corrected chi connectivity index (χ4v) is 9.27. The first-order valence-electron chi connectivity index (χ1n) is 14.8. The molecule has 2 fully saturated rings. The van der Waals surface area contributed by atoms with Gasteiger partial charge in [0.25, 0.3) is 5.91 Å². The van der Waals surface area contributed by atoms with Crippen LogP contribution in [0.5, 0.6) is 5.75 Å². The summed E-state index contributed by atoms with van der Waals surface area (Å²) < 4.78 is 4.32. The summed E-state index contributed by atoms with van der Waals surface area (Å²) in [6, 6.07) is 24.4. The predicted molar refractivity (Wildman–Crippen MR) is 170 cm³/mol. The molecule has 8 nitrogen and oxygen atoms in total. The minimum absolute atomic E-state index is 0.133. The van der Waals surface area contributed by atoms with Crippen molar-refractivity contribution in [2.24, 2.45) is 11.8 Å². The second-order valence-corrected chi connectivity index (χ2v) is 12.9. The molecule has 0 bridgehead atoms. The number of benzene rings is 3. The number of amides is 3. The van der Waals surface area contributed by atoms with Crippen LogP contribution >= 0.6 is 11.8 Å². The summed E-state index contributed by atoms with van der Waals surface area (Å²) in [6.45, 7) is 0.348. The van der Waals surface area contributed by atoms with Gasteiger partial charge in [-0.2, -0.15) is 0 Å². The molecule has 4 aliphatic rings. The van der Waals surface area contributed by atoms with E-state index in [1.807, 2.05) is 97.1 Å². The van der Waals surface area contributed by atoms with Crippen LogP contribution in [0.4, 0.5) is 11.4 Å². The second-order valence-electron chi connectivity index (χ2n) is 11.5. The van der Waals surface area contributed by atoms with Gasteiger partial charge in [-0.25, -0.2) is 0 Å². The molecule has 224 valence electrons. The van der Waals surface area contributed by atoms with E-state index in [1.54, 1.807) is 33.9 Å². The van der Waals surface area contributed by atoms with Crippen LogP contribution in [0.25, 0.3) is 0 Å². The number of carbonyl (C=O) groups excluding carboxylic acids is 3. The van der Waals surface area contributed by atoms with Gasteiger partial charge in [0.2, 0.25) is 11.8 Å². The van der Waals surface area contributed by atoms with Crippen molar-refractivity contribution in [1.29, 1.82) is 0 Å². The van der Waals surface area contributed by atoms with E-state index in [9.17, 15) is 19.5 Å². The Balaban J connectivity index is 1.36. The third-order valence-corrected chi connectivity index (χ3v) is 11.0. The zero-order valence-electron chi connectivity index (χ0n) is 24.2. The second kappa shape index (κ2) is 11.3. The molecule has 9 heteroatoms. The highest BCUT2D eigenvalue weighted by Crippen LogP contribution is 2.62. The first-order chi connectivity index (χ1) is 21.5. The standard InChI is InChI=1S/C35H33N3O5S/c1-43-26-17-15-25(16-18-26)37-21-9-19-35-30(29-28(44-35)14-8-20-36(32(29)40)24-12-6-3-7-13-24)33(41)38(31(35)34(37)42)27(22-39)23-10-4-2-5-11-23/h2-19,27-31,39H,20-22H2,1H3/t27-,28-,29+,30+,31?,35+/m1/s1. The molecule has 3 aromatic rings. The number of fused-ring (bicyclic) bond motifs is 2. The molecular weight excluding hydrogens is 574 g/mol. The van der Waals surface area contributed by atoms with Crippen LogP contribution in [0.1, 0.15) is 11.6 Å². The lowest BCUT2D eigenvalue weighted by Gasteiger charge is -2.38. The van der Waals surface area contributed by atoms with Gasteiger partial charge in [-0.05, 0) is 42.0 Å². The van der Waals surface area contributed by atoms with Crippen molar-refractivity contribution < 1.29 is 24.2 Å². The number of methoxy groups -OCH3 is 1. The van der Waals surface area contributed by atoms with E-state index in [2.05, 4.69) is 0 Å². The number of aliphatic hydroxyl groups excluding tert-OH is 1. The van der Waals surface area contributed by atoms with Gasteiger partial charge in [0.15, 0.2) is 0 Å². The average molecular weight is 608 g/mol. The van der Waals surface area contributed by atoms with Gasteiger partial charge in [0.05, 0.1) is 36.3 Å². The van der Waals surface area contributed by atoms with E-state index in [4.69, 9.17) is 4.74 Å². The van der Waals surface area contributed by atoms with Crippen molar-refractivity contribution in [2.75, 3.05) is 36.6 Å². The van der Waals surface area contributed by atoms with Crippen molar-refractivity contribution in [3.05, 3.63) is 115 Å². The number of para-hydroxylation sites is 1. The number of aliphatic hydroxyl groups is 1. The van der Waals surface area contributed by atoms with E-state index in [0.717, 1.165) is 11.3 Å². The molecule has 6 atom stereocenters. The highest BCUT2D eigenvalue weighted by molar-refractivity contribution is 8.02. The Labute approximate surface area is 260 Å². The summed E-state index contributed by atoms with van der Waals surface area (Å²) in [5.41, 5.74) is 2.18. The molecule has 0 aromatic heterocycles. The van der Waals surface area contributed by atoms with Gasteiger partial charge in [-0.1, -0.05) is 72.8 Å². The lowest BCUT2D eigenvalue weighted by Crippen LogP contribution is -2.54. The molecule has 1 spiro atoms. The van der Waals surface area contributed by atoms with Crippen molar-refractivity contribution >= 4 is 40.9 Å². The summed E-state index contributed by atoms with van der Waals surface area (Å²) in [4.78, 5) is 49.1. The monoisotopic (exact) mass is 607 g/mol. The summed E-state index contributed by atoms with van der Waals surface area (Å²) in [5, 5.41) is 10.5. The molecule has 4 aliphatic heterocycles. The lowest BCUT2D eigenvalue weighted by molar-refractivity contribution is -0.141. The predicted octanol–water partition coefficient (Wildman–Crippen LogP) is 4.23. The van der Waals surface area contributed by atoms with Crippen molar-refractivity contribution in [3.8, 4) is 5.75 Å². The third-order valence-electron chi connectivity index (χ3n) is 9.24. The maximum Gasteiger partial charge on any atom is 0.251 e. The normalized spacial score (nSPS) is 28.3. The number of carbonyl (C=O) groups is 3. The van der Waals surface area contributed by atoms with Crippen LogP contribution in [0.3, 0.4) is 0 Å². The molecule has 0 radical (unpaired) electrons. The minimum atomic E-state index is -1.01. The van der Waals surface area contributed by atoms with E-state index in [-0.39, 0.29) is 29.6 Å². The fraction of sp³-hybridized carbons (Fsp3) is 0.286. The Morgan fingerprint density at radius 2 is 1.48 bits per heavy atom. The fourth-order valence-electron chi connectivity index (χ4n) is 7.28. The van der Waals surface area contributed by atoms with Crippen LogP contribution < -0.4 is 14.5 Å². The van der Waals surface area contributed by atoms with Crippen molar-refractivity contribution in [1.82, 2.24) is 4.90 Å². The summed E-state index contributed by atoms with van der Waals surface area (Å²) >= 11 is 1.53. The first-order valence-corrected chi connectivity index (χ1v) is 15.7. The highest BCUT2D eigenvalue weighted by Gasteiger charge is 2.72. The largest absolute Gasteiger partial charge is 0.497 e. The third kappa shape index (κ3) is 4.37. The molecule has 2 saturated heterocycles. The Morgan fingerprint density at radius 3 is 2.16 bits per heavy atom. The summed E-state index contributed by atoms with van der Waals surface area (Å²) in [5.74, 6) is -1.47. The number of hydrogen-bond acceptors (Lipinski definition) is 6. The van der Waals surface area contributed by atoms with Crippen LogP contribution in [0, 0.1) is 11.8 Å². The Morgan fingerprint density at radius 1 is 0.841 bits per heavy atom. The maximum atomic E-state index is 14.8. The average Bonchev–Trinajstić information content (AvgIpc) is 3.37. The number of likely N-dealkylation sites (tertiary alicyclic amines) is 1. The number of anilines is 2. The molecule has 44 heavy (non-hydrogen) atoms. The molecule has 1 N–H and O–H groups in total.